The minimum absolute atomic E-state index is 0.00519. The van der Waals surface area contributed by atoms with Gasteiger partial charge in [0.25, 0.3) is 0 Å². The van der Waals surface area contributed by atoms with E-state index in [0.717, 1.165) is 22.6 Å². The van der Waals surface area contributed by atoms with E-state index in [-0.39, 0.29) is 17.1 Å². The van der Waals surface area contributed by atoms with Gasteiger partial charge in [-0.3, -0.25) is 0 Å². The van der Waals surface area contributed by atoms with Gasteiger partial charge in [0.2, 0.25) is 10.0 Å². The number of rotatable bonds is 4. The highest BCUT2D eigenvalue weighted by molar-refractivity contribution is 7.89. The normalized spacial score (nSPS) is 11.8. The Hall–Kier alpha value is -1.44. The number of thiophene rings is 1. The molecule has 0 aliphatic rings. The largest absolute Gasteiger partial charge is 0.396 e. The monoisotopic (exact) mass is 314 g/mol. The van der Waals surface area contributed by atoms with Crippen molar-refractivity contribution in [3.63, 3.8) is 0 Å². The van der Waals surface area contributed by atoms with E-state index in [0.29, 0.717) is 5.56 Å². The van der Waals surface area contributed by atoms with Crippen LogP contribution in [0.5, 0.6) is 0 Å². The molecule has 20 heavy (non-hydrogen) atoms. The summed E-state index contributed by atoms with van der Waals surface area (Å²) < 4.78 is 40.3. The molecular weight excluding hydrogens is 299 g/mol. The van der Waals surface area contributed by atoms with Gasteiger partial charge in [0.15, 0.2) is 0 Å². The third-order valence-corrected chi connectivity index (χ3v) is 5.54. The van der Waals surface area contributed by atoms with Gasteiger partial charge in [-0.25, -0.2) is 17.5 Å². The van der Waals surface area contributed by atoms with Crippen molar-refractivity contribution in [1.82, 2.24) is 4.72 Å². The third kappa shape index (κ3) is 3.00. The van der Waals surface area contributed by atoms with E-state index in [4.69, 9.17) is 5.73 Å². The van der Waals surface area contributed by atoms with Gasteiger partial charge >= 0.3 is 0 Å². The fourth-order valence-corrected chi connectivity index (χ4v) is 3.97. The Morgan fingerprint density at radius 2 is 2.00 bits per heavy atom. The predicted molar refractivity (Wildman–Crippen MR) is 78.6 cm³/mol. The summed E-state index contributed by atoms with van der Waals surface area (Å²) in [5.74, 6) is -0.615. The lowest BCUT2D eigenvalue weighted by atomic mass is 10.2. The smallest absolute Gasteiger partial charge is 0.241 e. The fraction of sp³-hybridized carbons (Fsp3) is 0.231. The molecule has 0 atom stereocenters. The summed E-state index contributed by atoms with van der Waals surface area (Å²) in [5.41, 5.74) is 6.62. The summed E-state index contributed by atoms with van der Waals surface area (Å²) in [6.45, 7) is 3.66. The van der Waals surface area contributed by atoms with E-state index in [9.17, 15) is 12.8 Å². The summed E-state index contributed by atoms with van der Waals surface area (Å²) in [5, 5.41) is 1.90. The van der Waals surface area contributed by atoms with Crippen molar-refractivity contribution >= 4 is 27.0 Å². The second-order valence-corrected chi connectivity index (χ2v) is 7.23. The average molecular weight is 314 g/mol. The second kappa shape index (κ2) is 5.51. The van der Waals surface area contributed by atoms with Crippen LogP contribution in [0.3, 0.4) is 0 Å². The van der Waals surface area contributed by atoms with Crippen LogP contribution in [-0.2, 0) is 16.6 Å². The Balaban J connectivity index is 2.27. The van der Waals surface area contributed by atoms with Gasteiger partial charge in [0.05, 0.1) is 10.6 Å². The van der Waals surface area contributed by atoms with Gasteiger partial charge < -0.3 is 5.73 Å². The predicted octanol–water partition coefficient (Wildman–Crippen LogP) is 2.56. The van der Waals surface area contributed by atoms with Crippen molar-refractivity contribution < 1.29 is 12.8 Å². The van der Waals surface area contributed by atoms with E-state index in [2.05, 4.69) is 4.72 Å². The lowest BCUT2D eigenvalue weighted by Gasteiger charge is -2.10. The van der Waals surface area contributed by atoms with Crippen LogP contribution in [0.4, 0.5) is 10.1 Å². The van der Waals surface area contributed by atoms with Crippen molar-refractivity contribution in [2.45, 2.75) is 25.3 Å². The minimum atomic E-state index is -3.71. The number of sulfonamides is 1. The molecule has 0 amide bonds. The van der Waals surface area contributed by atoms with Gasteiger partial charge in [-0.05, 0) is 48.6 Å². The maximum atomic E-state index is 13.3. The van der Waals surface area contributed by atoms with Crippen molar-refractivity contribution in [3.8, 4) is 0 Å². The van der Waals surface area contributed by atoms with Crippen LogP contribution in [-0.4, -0.2) is 8.42 Å². The summed E-state index contributed by atoms with van der Waals surface area (Å²) in [6.07, 6.45) is 0. The standard InChI is InChI=1S/C13H15FN2O2S2/c1-8-3-4-19-12(8)7-16-20(17,18)13-6-11(15)10(14)5-9(13)2/h3-6,16H,7,15H2,1-2H3. The number of aryl methyl sites for hydroxylation is 2. The molecule has 0 saturated heterocycles. The number of nitrogen functional groups attached to an aromatic ring is 1. The molecule has 108 valence electrons. The molecule has 0 aliphatic heterocycles. The molecule has 4 nitrogen and oxygen atoms in total. The lowest BCUT2D eigenvalue weighted by molar-refractivity contribution is 0.580. The first kappa shape index (κ1) is 15.0. The molecule has 2 rings (SSSR count). The van der Waals surface area contributed by atoms with Gasteiger partial charge in [-0.15, -0.1) is 11.3 Å². The number of benzene rings is 1. The molecule has 7 heteroatoms. The Morgan fingerprint density at radius 1 is 1.30 bits per heavy atom. The highest BCUT2D eigenvalue weighted by atomic mass is 32.2. The van der Waals surface area contributed by atoms with Crippen LogP contribution < -0.4 is 10.5 Å². The molecule has 0 unspecified atom stereocenters. The first-order valence-corrected chi connectivity index (χ1v) is 8.26. The number of hydrogen-bond donors (Lipinski definition) is 2. The molecule has 0 radical (unpaired) electrons. The van der Waals surface area contributed by atoms with Crippen LogP contribution in [0.15, 0.2) is 28.5 Å². The molecule has 1 heterocycles. The zero-order chi connectivity index (χ0) is 14.9. The van der Waals surface area contributed by atoms with Crippen molar-refractivity contribution in [1.29, 1.82) is 0 Å². The Labute approximate surface area is 121 Å². The number of halogens is 1. The van der Waals surface area contributed by atoms with Crippen LogP contribution in [0.25, 0.3) is 0 Å². The van der Waals surface area contributed by atoms with Gasteiger partial charge in [-0.2, -0.15) is 0 Å². The maximum absolute atomic E-state index is 13.3. The Morgan fingerprint density at radius 3 is 2.60 bits per heavy atom. The van der Waals surface area contributed by atoms with E-state index in [1.54, 1.807) is 0 Å². The second-order valence-electron chi connectivity index (χ2n) is 4.49. The first-order valence-electron chi connectivity index (χ1n) is 5.89. The van der Waals surface area contributed by atoms with Gasteiger partial charge in [0.1, 0.15) is 5.82 Å². The highest BCUT2D eigenvalue weighted by Gasteiger charge is 2.19. The summed E-state index contributed by atoms with van der Waals surface area (Å²) in [4.78, 5) is 0.951. The number of anilines is 1. The van der Waals surface area contributed by atoms with Crippen molar-refractivity contribution in [2.75, 3.05) is 5.73 Å². The molecule has 0 spiro atoms. The number of nitrogens with two attached hydrogens (primary N) is 1. The summed E-state index contributed by atoms with van der Waals surface area (Å²) in [6, 6.07) is 4.20. The molecule has 0 bridgehead atoms. The molecule has 0 saturated carbocycles. The zero-order valence-corrected chi connectivity index (χ0v) is 12.7. The summed E-state index contributed by atoms with van der Waals surface area (Å²) in [7, 11) is -3.71. The quantitative estimate of drug-likeness (QED) is 0.852. The Bertz CT molecular complexity index is 739. The molecule has 1 aromatic carbocycles. The van der Waals surface area contributed by atoms with E-state index in [1.165, 1.54) is 18.3 Å². The van der Waals surface area contributed by atoms with Crippen molar-refractivity contribution in [3.05, 3.63) is 45.4 Å². The van der Waals surface area contributed by atoms with Crippen LogP contribution in [0.2, 0.25) is 0 Å². The van der Waals surface area contributed by atoms with Crippen molar-refractivity contribution in [2.24, 2.45) is 0 Å². The molecule has 0 fully saturated rings. The van der Waals surface area contributed by atoms with E-state index < -0.39 is 15.8 Å². The average Bonchev–Trinajstić information content (AvgIpc) is 2.77. The fourth-order valence-electron chi connectivity index (χ4n) is 1.78. The highest BCUT2D eigenvalue weighted by Crippen LogP contribution is 2.22. The van der Waals surface area contributed by atoms with E-state index in [1.807, 2.05) is 18.4 Å². The molecule has 2 aromatic rings. The third-order valence-electron chi connectivity index (χ3n) is 2.97. The lowest BCUT2D eigenvalue weighted by Crippen LogP contribution is -2.24. The molecule has 3 N–H and O–H groups in total. The molecule has 0 aliphatic carbocycles. The van der Waals surface area contributed by atoms with E-state index >= 15 is 0 Å². The zero-order valence-electron chi connectivity index (χ0n) is 11.1. The number of hydrogen-bond acceptors (Lipinski definition) is 4. The van der Waals surface area contributed by atoms with Crippen LogP contribution >= 0.6 is 11.3 Å². The molecule has 1 aromatic heterocycles. The Kier molecular flexibility index (Phi) is 4.12. The topological polar surface area (TPSA) is 72.2 Å². The number of nitrogens with one attached hydrogen (secondary N) is 1. The van der Waals surface area contributed by atoms with Gasteiger partial charge in [0, 0.05) is 11.4 Å². The van der Waals surface area contributed by atoms with Crippen LogP contribution in [0.1, 0.15) is 16.0 Å². The molecular formula is C13H15FN2O2S2. The van der Waals surface area contributed by atoms with Gasteiger partial charge in [-0.1, -0.05) is 0 Å². The summed E-state index contributed by atoms with van der Waals surface area (Å²) >= 11 is 1.48. The minimum Gasteiger partial charge on any atom is -0.396 e. The van der Waals surface area contributed by atoms with Crippen LogP contribution in [0, 0.1) is 19.7 Å². The maximum Gasteiger partial charge on any atom is 0.241 e. The SMILES string of the molecule is Cc1cc(F)c(N)cc1S(=O)(=O)NCc1sccc1C. The first-order chi connectivity index (χ1) is 9.31.